The monoisotopic (exact) mass is 300 g/mol. The predicted octanol–water partition coefficient (Wildman–Crippen LogP) is 1.22. The van der Waals surface area contributed by atoms with Crippen LogP contribution in [0.25, 0.3) is 0 Å². The lowest BCUT2D eigenvalue weighted by molar-refractivity contribution is -0.124. The maximum atomic E-state index is 12.2. The molecule has 1 N–H and O–H groups in total. The van der Waals surface area contributed by atoms with E-state index in [1.807, 2.05) is 0 Å². The second kappa shape index (κ2) is 6.34. The lowest BCUT2D eigenvalue weighted by Gasteiger charge is -2.16. The van der Waals surface area contributed by atoms with Gasteiger partial charge in [0.15, 0.2) is 0 Å². The first kappa shape index (κ1) is 16.6. The molecule has 1 rings (SSSR count). The Labute approximate surface area is 119 Å². The summed E-state index contributed by atoms with van der Waals surface area (Å²) >= 11 is 0. The molecule has 6 nitrogen and oxygen atoms in total. The first-order valence-corrected chi connectivity index (χ1v) is 7.51. The number of benzene rings is 1. The van der Waals surface area contributed by atoms with E-state index in [0.29, 0.717) is 11.3 Å². The van der Waals surface area contributed by atoms with Gasteiger partial charge in [0.25, 0.3) is 5.91 Å². The fourth-order valence-corrected chi connectivity index (χ4v) is 2.65. The third kappa shape index (κ3) is 3.56. The van der Waals surface area contributed by atoms with Gasteiger partial charge in [-0.05, 0) is 31.5 Å². The number of nitrogens with zero attached hydrogens (tertiary/aromatic N) is 1. The van der Waals surface area contributed by atoms with Gasteiger partial charge in [-0.25, -0.2) is 12.7 Å². The number of anilines is 1. The van der Waals surface area contributed by atoms with Gasteiger partial charge in [0.1, 0.15) is 6.10 Å². The van der Waals surface area contributed by atoms with Gasteiger partial charge in [0.2, 0.25) is 10.0 Å². The van der Waals surface area contributed by atoms with Crippen molar-refractivity contribution < 1.29 is 17.9 Å². The number of methoxy groups -OCH3 is 1. The molecule has 1 aromatic rings. The quantitative estimate of drug-likeness (QED) is 0.887. The van der Waals surface area contributed by atoms with E-state index < -0.39 is 16.1 Å². The van der Waals surface area contributed by atoms with Crippen LogP contribution in [-0.2, 0) is 19.6 Å². The van der Waals surface area contributed by atoms with Crippen LogP contribution in [0.2, 0.25) is 0 Å². The lowest BCUT2D eigenvalue weighted by Crippen LogP contribution is -2.27. The Morgan fingerprint density at radius 3 is 2.45 bits per heavy atom. The minimum absolute atomic E-state index is 0.172. The van der Waals surface area contributed by atoms with Gasteiger partial charge in [-0.3, -0.25) is 4.79 Å². The molecule has 0 aliphatic carbocycles. The second-order valence-electron chi connectivity index (χ2n) is 4.63. The van der Waals surface area contributed by atoms with Crippen LogP contribution in [-0.4, -0.2) is 45.9 Å². The maximum Gasteiger partial charge on any atom is 0.253 e. The summed E-state index contributed by atoms with van der Waals surface area (Å²) in [5.74, 6) is -0.329. The highest BCUT2D eigenvalue weighted by atomic mass is 32.2. The van der Waals surface area contributed by atoms with Crippen LogP contribution < -0.4 is 5.32 Å². The van der Waals surface area contributed by atoms with Crippen molar-refractivity contribution >= 4 is 21.6 Å². The van der Waals surface area contributed by atoms with E-state index in [1.165, 1.54) is 27.3 Å². The molecule has 0 heterocycles. The van der Waals surface area contributed by atoms with E-state index >= 15 is 0 Å². The molecule has 0 bridgehead atoms. The summed E-state index contributed by atoms with van der Waals surface area (Å²) in [4.78, 5) is 11.9. The van der Waals surface area contributed by atoms with Gasteiger partial charge >= 0.3 is 0 Å². The molecule has 0 radical (unpaired) electrons. The van der Waals surface area contributed by atoms with Crippen molar-refractivity contribution in [2.24, 2.45) is 0 Å². The number of aryl methyl sites for hydroxylation is 1. The Bertz CT molecular complexity index is 596. The predicted molar refractivity (Wildman–Crippen MR) is 77.2 cm³/mol. The minimum Gasteiger partial charge on any atom is -0.372 e. The summed E-state index contributed by atoms with van der Waals surface area (Å²) < 4.78 is 30.4. The van der Waals surface area contributed by atoms with E-state index in [0.717, 1.165) is 4.31 Å². The zero-order valence-corrected chi connectivity index (χ0v) is 13.1. The summed E-state index contributed by atoms with van der Waals surface area (Å²) in [6.45, 7) is 3.32. The molecule has 0 aromatic heterocycles. The average molecular weight is 300 g/mol. The maximum absolute atomic E-state index is 12.2. The van der Waals surface area contributed by atoms with Crippen LogP contribution in [0, 0.1) is 6.92 Å². The van der Waals surface area contributed by atoms with Crippen molar-refractivity contribution in [1.82, 2.24) is 4.31 Å². The molecular formula is C13H20N2O4S. The van der Waals surface area contributed by atoms with Gasteiger partial charge in [-0.2, -0.15) is 0 Å². The molecule has 0 aliphatic heterocycles. The smallest absolute Gasteiger partial charge is 0.253 e. The molecule has 0 aliphatic rings. The van der Waals surface area contributed by atoms with Gasteiger partial charge in [0.05, 0.1) is 4.90 Å². The largest absolute Gasteiger partial charge is 0.372 e. The number of rotatable bonds is 5. The third-order valence-electron chi connectivity index (χ3n) is 2.94. The molecule has 0 saturated carbocycles. The number of hydrogen-bond acceptors (Lipinski definition) is 4. The molecule has 112 valence electrons. The second-order valence-corrected chi connectivity index (χ2v) is 6.76. The Morgan fingerprint density at radius 2 is 1.95 bits per heavy atom. The van der Waals surface area contributed by atoms with Crippen LogP contribution in [0.5, 0.6) is 0 Å². The van der Waals surface area contributed by atoms with Gasteiger partial charge < -0.3 is 10.1 Å². The highest BCUT2D eigenvalue weighted by Gasteiger charge is 2.21. The number of ether oxygens (including phenoxy) is 1. The molecule has 0 saturated heterocycles. The SMILES string of the molecule is COC(C)C(=O)Nc1ccc(C)c(S(=O)(=O)N(C)C)c1. The van der Waals surface area contributed by atoms with Gasteiger partial charge in [0, 0.05) is 26.9 Å². The summed E-state index contributed by atoms with van der Waals surface area (Å²) in [5, 5.41) is 2.62. The van der Waals surface area contributed by atoms with E-state index in [-0.39, 0.29) is 10.8 Å². The molecule has 1 unspecified atom stereocenters. The molecular weight excluding hydrogens is 280 g/mol. The summed E-state index contributed by atoms with van der Waals surface area (Å²) in [6.07, 6.45) is -0.606. The molecule has 0 spiro atoms. The highest BCUT2D eigenvalue weighted by Crippen LogP contribution is 2.22. The zero-order valence-electron chi connectivity index (χ0n) is 12.3. The van der Waals surface area contributed by atoms with Crippen LogP contribution in [0.15, 0.2) is 23.1 Å². The van der Waals surface area contributed by atoms with Crippen molar-refractivity contribution in [3.8, 4) is 0 Å². The molecule has 1 amide bonds. The van der Waals surface area contributed by atoms with Crippen molar-refractivity contribution in [2.45, 2.75) is 24.8 Å². The minimum atomic E-state index is -3.54. The van der Waals surface area contributed by atoms with E-state index in [9.17, 15) is 13.2 Å². The molecule has 0 fully saturated rings. The molecule has 20 heavy (non-hydrogen) atoms. The first-order valence-electron chi connectivity index (χ1n) is 6.07. The zero-order chi connectivity index (χ0) is 15.5. The van der Waals surface area contributed by atoms with Crippen molar-refractivity contribution in [3.05, 3.63) is 23.8 Å². The summed E-state index contributed by atoms with van der Waals surface area (Å²) in [5.41, 5.74) is 1.04. The lowest BCUT2D eigenvalue weighted by atomic mass is 10.2. The Kier molecular flexibility index (Phi) is 5.27. The highest BCUT2D eigenvalue weighted by molar-refractivity contribution is 7.89. The van der Waals surface area contributed by atoms with E-state index in [4.69, 9.17) is 4.74 Å². The summed E-state index contributed by atoms with van der Waals surface area (Å²) in [6, 6.07) is 4.76. The molecule has 7 heteroatoms. The number of carbonyl (C=O) groups excluding carboxylic acids is 1. The fourth-order valence-electron chi connectivity index (χ4n) is 1.50. The third-order valence-corrected chi connectivity index (χ3v) is 4.89. The van der Waals surface area contributed by atoms with Crippen LogP contribution in [0.4, 0.5) is 5.69 Å². The first-order chi connectivity index (χ1) is 9.20. The Balaban J connectivity index is 3.13. The van der Waals surface area contributed by atoms with Gasteiger partial charge in [-0.1, -0.05) is 6.07 Å². The topological polar surface area (TPSA) is 75.7 Å². The van der Waals surface area contributed by atoms with Crippen LogP contribution in [0.3, 0.4) is 0 Å². The standard InChI is InChI=1S/C13H20N2O4S/c1-9-6-7-11(14-13(16)10(2)19-5)8-12(9)20(17,18)15(3)4/h6-8,10H,1-5H3,(H,14,16). The summed E-state index contributed by atoms with van der Waals surface area (Å²) in [7, 11) is 0.822. The molecule has 1 atom stereocenters. The van der Waals surface area contributed by atoms with Crippen molar-refractivity contribution in [2.75, 3.05) is 26.5 Å². The number of nitrogens with one attached hydrogen (secondary N) is 1. The normalized spacial score (nSPS) is 13.3. The van der Waals surface area contributed by atoms with Crippen molar-refractivity contribution in [1.29, 1.82) is 0 Å². The number of amides is 1. The Morgan fingerprint density at radius 1 is 1.35 bits per heavy atom. The fraction of sp³-hybridized carbons (Fsp3) is 0.462. The van der Waals surface area contributed by atoms with E-state index in [2.05, 4.69) is 5.32 Å². The number of sulfonamides is 1. The van der Waals surface area contributed by atoms with Crippen LogP contribution in [0.1, 0.15) is 12.5 Å². The number of hydrogen-bond donors (Lipinski definition) is 1. The van der Waals surface area contributed by atoms with Crippen LogP contribution >= 0.6 is 0 Å². The molecule has 1 aromatic carbocycles. The Hall–Kier alpha value is -1.44. The van der Waals surface area contributed by atoms with E-state index in [1.54, 1.807) is 26.0 Å². The van der Waals surface area contributed by atoms with Crippen molar-refractivity contribution in [3.63, 3.8) is 0 Å². The number of carbonyl (C=O) groups is 1. The van der Waals surface area contributed by atoms with Gasteiger partial charge in [-0.15, -0.1) is 0 Å². The average Bonchev–Trinajstić information content (AvgIpc) is 2.39.